The van der Waals surface area contributed by atoms with Gasteiger partial charge in [-0.1, -0.05) is 103 Å². The van der Waals surface area contributed by atoms with E-state index in [0.29, 0.717) is 6.61 Å². The van der Waals surface area contributed by atoms with Crippen molar-refractivity contribution in [2.24, 2.45) is 0 Å². The first kappa shape index (κ1) is 34.2. The second kappa shape index (κ2) is 24.9. The highest BCUT2D eigenvalue weighted by Crippen LogP contribution is 2.14. The summed E-state index contributed by atoms with van der Waals surface area (Å²) in [6.45, 7) is 6.79. The highest BCUT2D eigenvalue weighted by Gasteiger charge is 2.18. The molecule has 34 heavy (non-hydrogen) atoms. The van der Waals surface area contributed by atoms with Crippen LogP contribution in [0.3, 0.4) is 0 Å². The van der Waals surface area contributed by atoms with Crippen LogP contribution in [0.1, 0.15) is 117 Å². The number of hydrogen-bond donors (Lipinski definition) is 0. The number of nitrogens with zero attached hydrogens (tertiary/aromatic N) is 1. The summed E-state index contributed by atoms with van der Waals surface area (Å²) in [5.74, 6) is 1.97. The van der Waals surface area contributed by atoms with E-state index in [4.69, 9.17) is 14.2 Å². The second-order valence-electron chi connectivity index (χ2n) is 10.9. The van der Waals surface area contributed by atoms with Gasteiger partial charge in [-0.15, -0.1) is 0 Å². The zero-order chi connectivity index (χ0) is 25.3. The van der Waals surface area contributed by atoms with Crippen molar-refractivity contribution in [3.63, 3.8) is 0 Å². The number of rotatable bonds is 27. The van der Waals surface area contributed by atoms with Crippen LogP contribution in [0, 0.1) is 0 Å². The van der Waals surface area contributed by atoms with Crippen LogP contribution in [-0.2, 0) is 14.2 Å². The van der Waals surface area contributed by atoms with Gasteiger partial charge >= 0.3 is 0 Å². The maximum Gasteiger partial charge on any atom is 0.189 e. The van der Waals surface area contributed by atoms with E-state index in [2.05, 4.69) is 35.0 Å². The molecule has 5 heteroatoms. The molecule has 0 rings (SSSR count). The molecule has 0 heterocycles. The second-order valence-corrected chi connectivity index (χ2v) is 12.0. The number of hydrogen-bond acceptors (Lipinski definition) is 4. The molecule has 0 amide bonds. The molecular weight excluding hydrogens is 442 g/mol. The molecule has 0 bridgehead atoms. The summed E-state index contributed by atoms with van der Waals surface area (Å²) < 4.78 is 18.2. The lowest BCUT2D eigenvalue weighted by atomic mass is 10.0. The van der Waals surface area contributed by atoms with Crippen LogP contribution in [0.5, 0.6) is 0 Å². The zero-order valence-electron chi connectivity index (χ0n) is 24.1. The van der Waals surface area contributed by atoms with Crippen LogP contribution in [-0.4, -0.2) is 76.4 Å². The summed E-state index contributed by atoms with van der Waals surface area (Å²) in [4.78, 5) is 0. The van der Waals surface area contributed by atoms with Crippen molar-refractivity contribution in [1.82, 2.24) is 0 Å². The first-order chi connectivity index (χ1) is 16.4. The van der Waals surface area contributed by atoms with Gasteiger partial charge in [0.25, 0.3) is 0 Å². The number of ether oxygens (including phenoxy) is 3. The molecule has 0 aromatic carbocycles. The first-order valence-electron chi connectivity index (χ1n) is 14.5. The Hall–Kier alpha value is 0.190. The summed E-state index contributed by atoms with van der Waals surface area (Å²) in [6.07, 6.45) is 22.9. The van der Waals surface area contributed by atoms with Crippen LogP contribution in [0.4, 0.5) is 0 Å². The van der Waals surface area contributed by atoms with Gasteiger partial charge in [0.05, 0.1) is 40.5 Å². The average Bonchev–Trinajstić information content (AvgIpc) is 2.80. The normalized spacial score (nSPS) is 13.9. The molecule has 4 nitrogen and oxygen atoms in total. The minimum absolute atomic E-state index is 0.182. The van der Waals surface area contributed by atoms with E-state index in [0.717, 1.165) is 29.2 Å². The van der Waals surface area contributed by atoms with Crippen molar-refractivity contribution >= 4 is 11.8 Å². The van der Waals surface area contributed by atoms with Gasteiger partial charge in [0, 0.05) is 32.1 Å². The fraction of sp³-hybridized carbons (Fsp3) is 1.00. The highest BCUT2D eigenvalue weighted by atomic mass is 32.2. The molecular formula is C29H62NO3S+. The zero-order valence-corrected chi connectivity index (χ0v) is 24.9. The maximum atomic E-state index is 5.90. The van der Waals surface area contributed by atoms with Crippen LogP contribution < -0.4 is 0 Å². The quantitative estimate of drug-likeness (QED) is 0.0642. The molecule has 0 aromatic heterocycles. The van der Waals surface area contributed by atoms with Crippen molar-refractivity contribution in [2.75, 3.05) is 59.6 Å². The summed E-state index contributed by atoms with van der Waals surface area (Å²) in [6, 6.07) is 0. The third-order valence-electron chi connectivity index (χ3n) is 6.76. The molecule has 0 aromatic rings. The summed E-state index contributed by atoms with van der Waals surface area (Å²) in [5.41, 5.74) is 0. The van der Waals surface area contributed by atoms with Crippen LogP contribution in [0.25, 0.3) is 0 Å². The topological polar surface area (TPSA) is 27.7 Å². The maximum absolute atomic E-state index is 5.90. The Morgan fingerprint density at radius 2 is 1.15 bits per heavy atom. The van der Waals surface area contributed by atoms with E-state index in [1.54, 1.807) is 7.11 Å². The fourth-order valence-corrected chi connectivity index (χ4v) is 4.74. The van der Waals surface area contributed by atoms with Gasteiger partial charge in [0.1, 0.15) is 0 Å². The van der Waals surface area contributed by atoms with Gasteiger partial charge in [-0.25, -0.2) is 0 Å². The summed E-state index contributed by atoms with van der Waals surface area (Å²) in [5, 5.41) is 0. The van der Waals surface area contributed by atoms with Crippen LogP contribution in [0.2, 0.25) is 0 Å². The third kappa shape index (κ3) is 23.9. The Labute approximate surface area is 218 Å². The Morgan fingerprint density at radius 1 is 0.676 bits per heavy atom. The Morgan fingerprint density at radius 3 is 1.59 bits per heavy atom. The summed E-state index contributed by atoms with van der Waals surface area (Å²) >= 11 is 1.89. The molecule has 0 radical (unpaired) electrons. The van der Waals surface area contributed by atoms with Gasteiger partial charge in [0.15, 0.2) is 6.23 Å². The molecule has 0 spiro atoms. The Bertz CT molecular complexity index is 403. The van der Waals surface area contributed by atoms with E-state index >= 15 is 0 Å². The SMILES string of the molecule is CCCCCCCCCCCCCCCCCCOCC(CSCCOC(C)[N+](C)(C)C)OC. The molecule has 0 aliphatic rings. The minimum Gasteiger partial charge on any atom is -0.379 e. The molecule has 0 fully saturated rings. The number of quaternary nitrogens is 1. The fourth-order valence-electron chi connectivity index (χ4n) is 3.87. The minimum atomic E-state index is 0.182. The number of unbranched alkanes of at least 4 members (excludes halogenated alkanes) is 15. The Balaban J connectivity index is 3.33. The van der Waals surface area contributed by atoms with Crippen molar-refractivity contribution in [1.29, 1.82) is 0 Å². The molecule has 0 N–H and O–H groups in total. The largest absolute Gasteiger partial charge is 0.379 e. The van der Waals surface area contributed by atoms with Crippen LogP contribution >= 0.6 is 11.8 Å². The standard InChI is InChI=1S/C29H62NO3S/c1-7-8-9-10-11-12-13-14-15-16-17-18-19-20-21-22-23-32-26-29(31-6)27-34-25-24-33-28(2)30(3,4)5/h28-29H,7-27H2,1-6H3/q+1. The predicted molar refractivity (Wildman–Crippen MR) is 152 cm³/mol. The van der Waals surface area contributed by atoms with Gasteiger partial charge in [-0.2, -0.15) is 11.8 Å². The van der Waals surface area contributed by atoms with Crippen molar-refractivity contribution < 1.29 is 18.7 Å². The van der Waals surface area contributed by atoms with Gasteiger partial charge < -0.3 is 18.7 Å². The monoisotopic (exact) mass is 504 g/mol. The smallest absolute Gasteiger partial charge is 0.189 e. The van der Waals surface area contributed by atoms with Crippen molar-refractivity contribution in [3.05, 3.63) is 0 Å². The van der Waals surface area contributed by atoms with E-state index in [1.165, 1.54) is 103 Å². The van der Waals surface area contributed by atoms with Gasteiger partial charge in [0.2, 0.25) is 0 Å². The van der Waals surface area contributed by atoms with Crippen LogP contribution in [0.15, 0.2) is 0 Å². The lowest BCUT2D eigenvalue weighted by Crippen LogP contribution is -2.45. The molecule has 0 saturated carbocycles. The van der Waals surface area contributed by atoms with E-state index in [1.807, 2.05) is 11.8 Å². The molecule has 0 aliphatic carbocycles. The van der Waals surface area contributed by atoms with E-state index in [-0.39, 0.29) is 12.3 Å². The van der Waals surface area contributed by atoms with Crippen molar-refractivity contribution in [2.45, 2.75) is 129 Å². The highest BCUT2D eigenvalue weighted by molar-refractivity contribution is 7.99. The first-order valence-corrected chi connectivity index (χ1v) is 15.7. The molecule has 206 valence electrons. The molecule has 0 saturated heterocycles. The molecule has 2 atom stereocenters. The number of methoxy groups -OCH3 is 1. The summed E-state index contributed by atoms with van der Waals surface area (Å²) in [7, 11) is 8.28. The molecule has 2 unspecified atom stereocenters. The number of thioether (sulfide) groups is 1. The van der Waals surface area contributed by atoms with E-state index < -0.39 is 0 Å². The average molecular weight is 505 g/mol. The van der Waals surface area contributed by atoms with Crippen molar-refractivity contribution in [3.8, 4) is 0 Å². The molecule has 0 aliphatic heterocycles. The van der Waals surface area contributed by atoms with Gasteiger partial charge in [-0.05, 0) is 6.42 Å². The third-order valence-corrected chi connectivity index (χ3v) is 7.82. The lowest BCUT2D eigenvalue weighted by molar-refractivity contribution is -0.917. The van der Waals surface area contributed by atoms with Gasteiger partial charge in [-0.3, -0.25) is 0 Å². The Kier molecular flexibility index (Phi) is 25.0. The van der Waals surface area contributed by atoms with E-state index in [9.17, 15) is 0 Å². The predicted octanol–water partition coefficient (Wildman–Crippen LogP) is 8.08. The lowest BCUT2D eigenvalue weighted by Gasteiger charge is -2.31.